The number of amides is 1. The monoisotopic (exact) mass is 481 g/mol. The Kier molecular flexibility index (Phi) is 7.09. The van der Waals surface area contributed by atoms with Gasteiger partial charge in [-0.25, -0.2) is 4.79 Å². The van der Waals surface area contributed by atoms with Gasteiger partial charge in [0.15, 0.2) is 0 Å². The van der Waals surface area contributed by atoms with Crippen molar-refractivity contribution in [1.29, 1.82) is 0 Å². The van der Waals surface area contributed by atoms with Crippen LogP contribution in [0.1, 0.15) is 44.5 Å². The molecule has 1 atom stereocenters. The molecule has 2 saturated heterocycles. The van der Waals surface area contributed by atoms with Gasteiger partial charge in [-0.3, -0.25) is 14.5 Å². The van der Waals surface area contributed by atoms with Gasteiger partial charge in [0.1, 0.15) is 11.5 Å². The summed E-state index contributed by atoms with van der Waals surface area (Å²) in [5, 5.41) is 11.4. The van der Waals surface area contributed by atoms with E-state index in [1.807, 2.05) is 31.2 Å². The minimum absolute atomic E-state index is 0.0162. The third kappa shape index (κ3) is 4.61. The van der Waals surface area contributed by atoms with Gasteiger partial charge in [-0.05, 0) is 31.9 Å². The average Bonchev–Trinajstić information content (AvgIpc) is 3.30. The number of esters is 1. The van der Waals surface area contributed by atoms with Crippen molar-refractivity contribution in [3.05, 3.63) is 63.5 Å². The molecule has 2 aromatic rings. The number of ketones is 1. The van der Waals surface area contributed by atoms with Crippen LogP contribution in [0.3, 0.4) is 0 Å². The van der Waals surface area contributed by atoms with Gasteiger partial charge < -0.3 is 24.5 Å². The Bertz CT molecular complexity index is 1170. The Morgan fingerprint density at radius 1 is 1.11 bits per heavy atom. The Hall–Kier alpha value is -3.43. The Morgan fingerprint density at radius 3 is 2.40 bits per heavy atom. The summed E-state index contributed by atoms with van der Waals surface area (Å²) in [7, 11) is 1.27. The quantitative estimate of drug-likeness (QED) is 0.282. The molecule has 0 saturated carbocycles. The molecule has 0 spiro atoms. The van der Waals surface area contributed by atoms with E-state index in [1.54, 1.807) is 13.8 Å². The molecular weight excluding hydrogens is 450 g/mol. The van der Waals surface area contributed by atoms with Crippen LogP contribution in [0.15, 0.2) is 29.8 Å². The molecule has 3 heterocycles. The molecule has 186 valence electrons. The largest absolute Gasteiger partial charge is 0.507 e. The van der Waals surface area contributed by atoms with Crippen LogP contribution in [0.5, 0.6) is 0 Å². The number of benzene rings is 1. The summed E-state index contributed by atoms with van der Waals surface area (Å²) in [5.41, 5.74) is 3.27. The van der Waals surface area contributed by atoms with Gasteiger partial charge in [0.2, 0.25) is 0 Å². The Balaban J connectivity index is 1.79. The van der Waals surface area contributed by atoms with E-state index in [0.29, 0.717) is 43.1 Å². The molecular formula is C26H31N3O6. The first kappa shape index (κ1) is 24.7. The molecule has 4 rings (SSSR count). The molecule has 35 heavy (non-hydrogen) atoms. The summed E-state index contributed by atoms with van der Waals surface area (Å²) < 4.78 is 10.2. The molecule has 2 aliphatic heterocycles. The van der Waals surface area contributed by atoms with Crippen LogP contribution in [0.4, 0.5) is 0 Å². The number of hydrogen-bond donors (Lipinski definition) is 2. The lowest BCUT2D eigenvalue weighted by molar-refractivity contribution is -0.140. The molecule has 9 heteroatoms. The van der Waals surface area contributed by atoms with E-state index in [4.69, 9.17) is 9.47 Å². The molecule has 0 bridgehead atoms. The van der Waals surface area contributed by atoms with E-state index in [1.165, 1.54) is 12.0 Å². The molecule has 0 radical (unpaired) electrons. The lowest BCUT2D eigenvalue weighted by Crippen LogP contribution is -2.42. The predicted octanol–water partition coefficient (Wildman–Crippen LogP) is 2.48. The second-order valence-corrected chi connectivity index (χ2v) is 8.97. The predicted molar refractivity (Wildman–Crippen MR) is 129 cm³/mol. The number of nitrogens with zero attached hydrogens (tertiary/aromatic N) is 2. The normalized spacial score (nSPS) is 20.5. The topological polar surface area (TPSA) is 112 Å². The number of aryl methyl sites for hydroxylation is 2. The number of likely N-dealkylation sites (tertiary alicyclic amines) is 1. The number of aromatic nitrogens is 1. The van der Waals surface area contributed by atoms with Crippen molar-refractivity contribution in [3.63, 3.8) is 0 Å². The van der Waals surface area contributed by atoms with Crippen LogP contribution in [0, 0.1) is 20.8 Å². The fourth-order valence-electron chi connectivity index (χ4n) is 4.83. The molecule has 1 amide bonds. The Morgan fingerprint density at radius 2 is 1.77 bits per heavy atom. The highest BCUT2D eigenvalue weighted by molar-refractivity contribution is 6.46. The number of nitrogens with one attached hydrogen (secondary N) is 1. The van der Waals surface area contributed by atoms with Crippen LogP contribution in [0.25, 0.3) is 5.76 Å². The van der Waals surface area contributed by atoms with E-state index >= 15 is 0 Å². The average molecular weight is 482 g/mol. The van der Waals surface area contributed by atoms with Gasteiger partial charge in [-0.2, -0.15) is 0 Å². The number of H-pyrrole nitrogens is 1. The van der Waals surface area contributed by atoms with Crippen molar-refractivity contribution in [1.82, 2.24) is 14.8 Å². The molecule has 0 aliphatic carbocycles. The molecule has 9 nitrogen and oxygen atoms in total. The van der Waals surface area contributed by atoms with Gasteiger partial charge in [0, 0.05) is 37.4 Å². The maximum absolute atomic E-state index is 13.3. The number of Topliss-reactive ketones (excluding diaryl/α,β-unsaturated/α-hetero) is 1. The zero-order valence-corrected chi connectivity index (χ0v) is 20.5. The first-order valence-corrected chi connectivity index (χ1v) is 11.7. The minimum atomic E-state index is -0.744. The van der Waals surface area contributed by atoms with Gasteiger partial charge >= 0.3 is 5.97 Å². The summed E-state index contributed by atoms with van der Waals surface area (Å²) in [6, 6.07) is 6.83. The third-order valence-corrected chi connectivity index (χ3v) is 6.76. The number of carbonyl (C=O) groups is 3. The van der Waals surface area contributed by atoms with Crippen molar-refractivity contribution in [2.75, 3.05) is 46.5 Å². The van der Waals surface area contributed by atoms with E-state index in [2.05, 4.69) is 9.88 Å². The first-order valence-electron chi connectivity index (χ1n) is 11.7. The molecule has 2 fully saturated rings. The van der Waals surface area contributed by atoms with E-state index < -0.39 is 23.7 Å². The second-order valence-electron chi connectivity index (χ2n) is 8.97. The summed E-state index contributed by atoms with van der Waals surface area (Å²) in [5.74, 6) is -2.27. The van der Waals surface area contributed by atoms with Crippen LogP contribution in [-0.2, 0) is 19.1 Å². The number of aromatic amines is 1. The zero-order chi connectivity index (χ0) is 25.3. The van der Waals surface area contributed by atoms with Crippen LogP contribution < -0.4 is 0 Å². The van der Waals surface area contributed by atoms with Gasteiger partial charge in [0.05, 0.1) is 31.9 Å². The molecule has 2 N–H and O–H groups in total. The first-order chi connectivity index (χ1) is 16.7. The van der Waals surface area contributed by atoms with E-state index in [9.17, 15) is 19.5 Å². The van der Waals surface area contributed by atoms with Crippen LogP contribution in [0.2, 0.25) is 0 Å². The van der Waals surface area contributed by atoms with E-state index in [-0.39, 0.29) is 17.0 Å². The second kappa shape index (κ2) is 10.1. The number of ether oxygens (including phenoxy) is 2. The Labute approximate surface area is 204 Å². The fourth-order valence-corrected chi connectivity index (χ4v) is 4.83. The number of hydrogen-bond acceptors (Lipinski definition) is 7. The van der Waals surface area contributed by atoms with Crippen molar-refractivity contribution in [3.8, 4) is 0 Å². The van der Waals surface area contributed by atoms with Crippen LogP contribution >= 0.6 is 0 Å². The molecule has 0 unspecified atom stereocenters. The number of methoxy groups -OCH3 is 1. The molecule has 1 aromatic carbocycles. The number of aliphatic hydroxyl groups is 1. The molecule has 2 aliphatic rings. The highest BCUT2D eigenvalue weighted by Gasteiger charge is 2.46. The summed E-state index contributed by atoms with van der Waals surface area (Å²) in [4.78, 5) is 45.4. The number of morpholine rings is 1. The van der Waals surface area contributed by atoms with Gasteiger partial charge in [0.25, 0.3) is 11.7 Å². The van der Waals surface area contributed by atoms with Crippen LogP contribution in [-0.4, -0.2) is 84.1 Å². The standard InChI is InChI=1S/C26H31N3O6/c1-15-5-7-18(8-6-15)22-20(23(30)19-16(2)21(26(33)34-4)27-17(19)3)24(31)25(32)29(22)10-9-28-11-13-35-14-12-28/h5-8,22,27,30H,9-14H2,1-4H3/t22-/m0/s1. The lowest BCUT2D eigenvalue weighted by atomic mass is 9.93. The maximum atomic E-state index is 13.3. The van der Waals surface area contributed by atoms with Crippen molar-refractivity contribution in [2.45, 2.75) is 26.8 Å². The summed E-state index contributed by atoms with van der Waals surface area (Å²) in [6.07, 6.45) is 0. The lowest BCUT2D eigenvalue weighted by Gasteiger charge is -2.31. The zero-order valence-electron chi connectivity index (χ0n) is 20.5. The number of carbonyl (C=O) groups excluding carboxylic acids is 3. The van der Waals surface area contributed by atoms with Gasteiger partial charge in [-0.15, -0.1) is 0 Å². The highest BCUT2D eigenvalue weighted by atomic mass is 16.5. The molecule has 1 aromatic heterocycles. The van der Waals surface area contributed by atoms with Crippen molar-refractivity contribution < 1.29 is 29.0 Å². The maximum Gasteiger partial charge on any atom is 0.354 e. The number of rotatable bonds is 6. The highest BCUT2D eigenvalue weighted by Crippen LogP contribution is 2.40. The smallest absolute Gasteiger partial charge is 0.354 e. The van der Waals surface area contributed by atoms with Crippen molar-refractivity contribution in [2.24, 2.45) is 0 Å². The SMILES string of the molecule is COC(=O)c1[nH]c(C)c(C(O)=C2C(=O)C(=O)N(CCN3CCOCC3)[C@H]2c2ccc(C)cc2)c1C. The van der Waals surface area contributed by atoms with E-state index in [0.717, 1.165) is 24.2 Å². The fraction of sp³-hybridized carbons (Fsp3) is 0.423. The minimum Gasteiger partial charge on any atom is -0.507 e. The van der Waals surface area contributed by atoms with Gasteiger partial charge in [-0.1, -0.05) is 29.8 Å². The number of aliphatic hydroxyl groups excluding tert-OH is 1. The third-order valence-electron chi connectivity index (χ3n) is 6.76. The summed E-state index contributed by atoms with van der Waals surface area (Å²) in [6.45, 7) is 9.04. The van der Waals surface area contributed by atoms with Crippen molar-refractivity contribution >= 4 is 23.4 Å². The summed E-state index contributed by atoms with van der Waals surface area (Å²) >= 11 is 0.